The maximum Gasteiger partial charge on any atom is 0.323 e. The summed E-state index contributed by atoms with van der Waals surface area (Å²) < 4.78 is 10.00. The van der Waals surface area contributed by atoms with Crippen molar-refractivity contribution in [1.82, 2.24) is 4.90 Å². The predicted octanol–water partition coefficient (Wildman–Crippen LogP) is 2.31. The number of nitrogens with one attached hydrogen (secondary N) is 1. The molecule has 126 valence electrons. The van der Waals surface area contributed by atoms with Crippen LogP contribution in [0.1, 0.15) is 19.3 Å². The zero-order valence-electron chi connectivity index (χ0n) is 13.3. The monoisotopic (exact) mass is 340 g/mol. The topological polar surface area (TPSA) is 67.9 Å². The molecule has 1 aliphatic heterocycles. The first kappa shape index (κ1) is 17.6. The van der Waals surface area contributed by atoms with E-state index < -0.39 is 0 Å². The van der Waals surface area contributed by atoms with Gasteiger partial charge in [0.1, 0.15) is 11.8 Å². The lowest BCUT2D eigenvalue weighted by Crippen LogP contribution is -2.38. The summed E-state index contributed by atoms with van der Waals surface area (Å²) >= 11 is 5.94. The highest BCUT2D eigenvalue weighted by Gasteiger charge is 2.31. The van der Waals surface area contributed by atoms with Crippen LogP contribution in [0.2, 0.25) is 5.02 Å². The minimum atomic E-state index is -0.242. The molecule has 0 radical (unpaired) electrons. The number of nitrogens with zero attached hydrogens (tertiary/aromatic N) is 1. The first-order valence-corrected chi connectivity index (χ1v) is 7.88. The molecule has 1 N–H and O–H groups in total. The number of hydrogen-bond donors (Lipinski definition) is 1. The number of rotatable bonds is 6. The molecule has 1 unspecified atom stereocenters. The molecule has 23 heavy (non-hydrogen) atoms. The minimum Gasteiger partial charge on any atom is -0.495 e. The summed E-state index contributed by atoms with van der Waals surface area (Å²) in [7, 11) is 2.92. The van der Waals surface area contributed by atoms with Crippen molar-refractivity contribution >= 4 is 29.2 Å². The van der Waals surface area contributed by atoms with Gasteiger partial charge in [0.15, 0.2) is 0 Å². The zero-order valence-corrected chi connectivity index (χ0v) is 14.1. The molecule has 1 saturated heterocycles. The maximum absolute atomic E-state index is 12.1. The Kier molecular flexibility index (Phi) is 6.24. The van der Waals surface area contributed by atoms with E-state index in [1.807, 2.05) is 4.90 Å². The number of halogens is 1. The summed E-state index contributed by atoms with van der Waals surface area (Å²) in [6, 6.07) is 4.80. The van der Waals surface area contributed by atoms with Gasteiger partial charge in [-0.25, -0.2) is 0 Å². The lowest BCUT2D eigenvalue weighted by molar-refractivity contribution is -0.146. The highest BCUT2D eigenvalue weighted by molar-refractivity contribution is 6.31. The first-order chi connectivity index (χ1) is 11.0. The number of amides is 1. The number of methoxy groups -OCH3 is 2. The smallest absolute Gasteiger partial charge is 0.323 e. The van der Waals surface area contributed by atoms with Crippen molar-refractivity contribution in [2.24, 2.45) is 0 Å². The number of carbonyl (C=O) groups is 2. The highest BCUT2D eigenvalue weighted by atomic mass is 35.5. The fourth-order valence-corrected chi connectivity index (χ4v) is 2.90. The second kappa shape index (κ2) is 8.17. The third-order valence-corrected chi connectivity index (χ3v) is 4.13. The summed E-state index contributed by atoms with van der Waals surface area (Å²) in [5.74, 6) is 0.164. The lowest BCUT2D eigenvalue weighted by atomic mass is 10.2. The number of ether oxygens (including phenoxy) is 2. The fraction of sp³-hybridized carbons (Fsp3) is 0.500. The Morgan fingerprint density at radius 1 is 1.39 bits per heavy atom. The molecule has 7 heteroatoms. The standard InChI is InChI=1S/C16H21ClN2O4/c1-22-14-6-5-11(17)10-12(14)18-15(20)7-9-19-8-3-4-13(19)16(21)23-2/h5-6,10,13H,3-4,7-9H2,1-2H3,(H,18,20). The largest absolute Gasteiger partial charge is 0.495 e. The van der Waals surface area contributed by atoms with Crippen LogP contribution in [0.4, 0.5) is 5.69 Å². The normalized spacial score (nSPS) is 17.8. The van der Waals surface area contributed by atoms with Gasteiger partial charge in [0.25, 0.3) is 0 Å². The molecular formula is C16H21ClN2O4. The summed E-state index contributed by atoms with van der Waals surface area (Å²) in [4.78, 5) is 25.8. The van der Waals surface area contributed by atoms with E-state index in [0.717, 1.165) is 19.4 Å². The van der Waals surface area contributed by atoms with Crippen LogP contribution in [0.25, 0.3) is 0 Å². The number of esters is 1. The minimum absolute atomic E-state index is 0.152. The van der Waals surface area contributed by atoms with Crippen molar-refractivity contribution in [2.45, 2.75) is 25.3 Å². The first-order valence-electron chi connectivity index (χ1n) is 7.50. The molecule has 1 aromatic rings. The molecule has 1 heterocycles. The van der Waals surface area contributed by atoms with Gasteiger partial charge in [0, 0.05) is 18.0 Å². The summed E-state index contributed by atoms with van der Waals surface area (Å²) in [6.45, 7) is 1.31. The predicted molar refractivity (Wildman–Crippen MR) is 87.9 cm³/mol. The van der Waals surface area contributed by atoms with Gasteiger partial charge in [0.05, 0.1) is 19.9 Å². The second-order valence-corrected chi connectivity index (χ2v) is 5.80. The van der Waals surface area contributed by atoms with E-state index in [1.54, 1.807) is 18.2 Å². The molecule has 0 aliphatic carbocycles. The Hall–Kier alpha value is -1.79. The number of anilines is 1. The van der Waals surface area contributed by atoms with Crippen molar-refractivity contribution in [3.05, 3.63) is 23.2 Å². The average Bonchev–Trinajstić information content (AvgIpc) is 3.01. The Balaban J connectivity index is 1.90. The van der Waals surface area contributed by atoms with Crippen LogP contribution in [0.3, 0.4) is 0 Å². The van der Waals surface area contributed by atoms with Gasteiger partial charge >= 0.3 is 5.97 Å². The van der Waals surface area contributed by atoms with Crippen LogP contribution >= 0.6 is 11.6 Å². The van der Waals surface area contributed by atoms with Gasteiger partial charge in [-0.15, -0.1) is 0 Å². The number of carbonyl (C=O) groups excluding carboxylic acids is 2. The third-order valence-electron chi connectivity index (χ3n) is 3.90. The summed E-state index contributed by atoms with van der Waals surface area (Å²) in [6.07, 6.45) is 1.99. The molecule has 0 saturated carbocycles. The molecule has 2 rings (SSSR count). The Morgan fingerprint density at radius 2 is 2.17 bits per heavy atom. The number of likely N-dealkylation sites (tertiary alicyclic amines) is 1. The van der Waals surface area contributed by atoms with Crippen molar-refractivity contribution in [2.75, 3.05) is 32.6 Å². The molecule has 6 nitrogen and oxygen atoms in total. The molecule has 1 fully saturated rings. The molecule has 0 spiro atoms. The Bertz CT molecular complexity index is 579. The number of benzene rings is 1. The average molecular weight is 341 g/mol. The van der Waals surface area contributed by atoms with E-state index in [1.165, 1.54) is 14.2 Å². The van der Waals surface area contributed by atoms with Crippen LogP contribution in [0, 0.1) is 0 Å². The molecule has 1 aliphatic rings. The number of hydrogen-bond acceptors (Lipinski definition) is 5. The summed E-state index contributed by atoms with van der Waals surface area (Å²) in [5, 5.41) is 3.31. The van der Waals surface area contributed by atoms with Crippen LogP contribution in [0.5, 0.6) is 5.75 Å². The van der Waals surface area contributed by atoms with Gasteiger partial charge in [-0.1, -0.05) is 11.6 Å². The van der Waals surface area contributed by atoms with E-state index in [-0.39, 0.29) is 24.3 Å². The second-order valence-electron chi connectivity index (χ2n) is 5.36. The Labute approximate surface area is 140 Å². The molecule has 1 atom stereocenters. The van der Waals surface area contributed by atoms with Crippen molar-refractivity contribution in [1.29, 1.82) is 0 Å². The van der Waals surface area contributed by atoms with Gasteiger partial charge in [-0.2, -0.15) is 0 Å². The fourth-order valence-electron chi connectivity index (χ4n) is 2.73. The molecule has 1 aromatic carbocycles. The highest BCUT2D eigenvalue weighted by Crippen LogP contribution is 2.27. The SMILES string of the molecule is COC(=O)C1CCCN1CCC(=O)Nc1cc(Cl)ccc1OC. The molecule has 0 aromatic heterocycles. The van der Waals surface area contributed by atoms with E-state index in [0.29, 0.717) is 23.0 Å². The molecular weight excluding hydrogens is 320 g/mol. The molecule has 0 bridgehead atoms. The van der Waals surface area contributed by atoms with Crippen LogP contribution < -0.4 is 10.1 Å². The third kappa shape index (κ3) is 4.59. The van der Waals surface area contributed by atoms with E-state index >= 15 is 0 Å². The van der Waals surface area contributed by atoms with Gasteiger partial charge in [-0.3, -0.25) is 14.5 Å². The van der Waals surface area contributed by atoms with E-state index in [4.69, 9.17) is 21.1 Å². The van der Waals surface area contributed by atoms with Crippen LogP contribution in [0.15, 0.2) is 18.2 Å². The quantitative estimate of drug-likeness (QED) is 0.805. The van der Waals surface area contributed by atoms with Crippen molar-refractivity contribution in [3.63, 3.8) is 0 Å². The van der Waals surface area contributed by atoms with Gasteiger partial charge < -0.3 is 14.8 Å². The van der Waals surface area contributed by atoms with Crippen LogP contribution in [-0.4, -0.2) is 50.1 Å². The van der Waals surface area contributed by atoms with E-state index in [2.05, 4.69) is 5.32 Å². The van der Waals surface area contributed by atoms with Crippen molar-refractivity contribution < 1.29 is 19.1 Å². The van der Waals surface area contributed by atoms with Crippen LogP contribution in [-0.2, 0) is 14.3 Å². The lowest BCUT2D eigenvalue weighted by Gasteiger charge is -2.22. The van der Waals surface area contributed by atoms with Gasteiger partial charge in [-0.05, 0) is 37.6 Å². The van der Waals surface area contributed by atoms with Gasteiger partial charge in [0.2, 0.25) is 5.91 Å². The maximum atomic E-state index is 12.1. The Morgan fingerprint density at radius 3 is 2.87 bits per heavy atom. The van der Waals surface area contributed by atoms with E-state index in [9.17, 15) is 9.59 Å². The molecule has 1 amide bonds. The zero-order chi connectivity index (χ0) is 16.8. The summed E-state index contributed by atoms with van der Waals surface area (Å²) in [5.41, 5.74) is 0.538. The van der Waals surface area contributed by atoms with Crippen molar-refractivity contribution in [3.8, 4) is 5.75 Å².